The Morgan fingerprint density at radius 1 is 1.40 bits per heavy atom. The Hall–Kier alpha value is -2.08. The molecule has 0 amide bonds. The fourth-order valence-electron chi connectivity index (χ4n) is 1.73. The molecule has 2 rings (SSSR count). The summed E-state index contributed by atoms with van der Waals surface area (Å²) in [7, 11) is 1.32. The first kappa shape index (κ1) is 14.3. The number of ether oxygens (including phenoxy) is 1. The normalized spacial score (nSPS) is 10.3. The zero-order chi connectivity index (χ0) is 14.5. The molecule has 0 spiro atoms. The Morgan fingerprint density at radius 3 is 2.75 bits per heavy atom. The van der Waals surface area contributed by atoms with Gasteiger partial charge in [-0.05, 0) is 30.2 Å². The zero-order valence-electron chi connectivity index (χ0n) is 11.0. The van der Waals surface area contributed by atoms with E-state index in [2.05, 4.69) is 10.1 Å². The van der Waals surface area contributed by atoms with Crippen molar-refractivity contribution in [3.05, 3.63) is 46.6 Å². The van der Waals surface area contributed by atoms with Gasteiger partial charge in [-0.1, -0.05) is 12.1 Å². The van der Waals surface area contributed by atoms with Gasteiger partial charge in [-0.25, -0.2) is 9.18 Å². The van der Waals surface area contributed by atoms with Gasteiger partial charge in [0.1, 0.15) is 10.7 Å². The van der Waals surface area contributed by atoms with Gasteiger partial charge in [0.2, 0.25) is 0 Å². The van der Waals surface area contributed by atoms with Gasteiger partial charge in [-0.15, -0.1) is 11.3 Å². The third-order valence-corrected chi connectivity index (χ3v) is 3.85. The second-order valence-electron chi connectivity index (χ2n) is 4.19. The highest BCUT2D eigenvalue weighted by molar-refractivity contribution is 7.18. The molecule has 1 aromatic carbocycles. The van der Waals surface area contributed by atoms with Crippen LogP contribution in [0.5, 0.6) is 0 Å². The Morgan fingerprint density at radius 2 is 2.10 bits per heavy atom. The number of esters is 1. The van der Waals surface area contributed by atoms with Crippen molar-refractivity contribution in [1.82, 2.24) is 0 Å². The van der Waals surface area contributed by atoms with Crippen LogP contribution in [-0.2, 0) is 11.2 Å². The lowest BCUT2D eigenvalue weighted by atomic mass is 10.1. The van der Waals surface area contributed by atoms with Gasteiger partial charge in [0.15, 0.2) is 0 Å². The van der Waals surface area contributed by atoms with Crippen molar-refractivity contribution < 1.29 is 13.9 Å². The molecule has 0 aliphatic carbocycles. The van der Waals surface area contributed by atoms with Crippen molar-refractivity contribution in [1.29, 1.82) is 0 Å². The van der Waals surface area contributed by atoms with E-state index in [9.17, 15) is 9.18 Å². The molecule has 2 aromatic rings. The van der Waals surface area contributed by atoms with E-state index in [0.717, 1.165) is 17.0 Å². The molecule has 0 radical (unpaired) electrons. The Bertz CT molecular complexity index is 596. The van der Waals surface area contributed by atoms with Crippen molar-refractivity contribution in [3.63, 3.8) is 0 Å². The molecule has 0 saturated carbocycles. The number of nitrogen functional groups attached to an aromatic ring is 1. The second kappa shape index (κ2) is 6.38. The van der Waals surface area contributed by atoms with Crippen LogP contribution in [0.15, 0.2) is 30.3 Å². The summed E-state index contributed by atoms with van der Waals surface area (Å²) in [6.07, 6.45) is 0.756. The van der Waals surface area contributed by atoms with Gasteiger partial charge in [0.25, 0.3) is 0 Å². The summed E-state index contributed by atoms with van der Waals surface area (Å²) in [4.78, 5) is 11.8. The van der Waals surface area contributed by atoms with Gasteiger partial charge in [0.05, 0.1) is 17.8 Å². The lowest BCUT2D eigenvalue weighted by Crippen LogP contribution is -2.03. The molecule has 3 N–H and O–H groups in total. The van der Waals surface area contributed by atoms with Gasteiger partial charge < -0.3 is 15.8 Å². The van der Waals surface area contributed by atoms with E-state index < -0.39 is 5.97 Å². The largest absolute Gasteiger partial charge is 0.465 e. The van der Waals surface area contributed by atoms with E-state index in [1.807, 2.05) is 0 Å². The summed E-state index contributed by atoms with van der Waals surface area (Å²) in [6.45, 7) is 0.673. The fourth-order valence-corrected chi connectivity index (χ4v) is 2.65. The third-order valence-electron chi connectivity index (χ3n) is 2.76. The summed E-state index contributed by atoms with van der Waals surface area (Å²) in [6, 6.07) is 8.09. The summed E-state index contributed by atoms with van der Waals surface area (Å²) < 4.78 is 17.4. The Kier molecular flexibility index (Phi) is 4.57. The number of carbonyl (C=O) groups is 1. The van der Waals surface area contributed by atoms with Gasteiger partial charge >= 0.3 is 5.97 Å². The number of thiophene rings is 1. The smallest absolute Gasteiger partial charge is 0.350 e. The van der Waals surface area contributed by atoms with Crippen molar-refractivity contribution in [2.45, 2.75) is 6.42 Å². The number of carbonyl (C=O) groups excluding carboxylic acids is 1. The van der Waals surface area contributed by atoms with Crippen molar-refractivity contribution >= 4 is 28.0 Å². The fraction of sp³-hybridized carbons (Fsp3) is 0.214. The number of anilines is 2. The number of rotatable bonds is 5. The quantitative estimate of drug-likeness (QED) is 0.832. The van der Waals surface area contributed by atoms with Crippen molar-refractivity contribution in [3.8, 4) is 0 Å². The van der Waals surface area contributed by atoms with E-state index in [4.69, 9.17) is 5.73 Å². The molecule has 0 aliphatic rings. The molecule has 0 atom stereocenters. The van der Waals surface area contributed by atoms with Crippen LogP contribution < -0.4 is 11.1 Å². The molecule has 6 heteroatoms. The van der Waals surface area contributed by atoms with Crippen LogP contribution in [0.25, 0.3) is 0 Å². The first-order chi connectivity index (χ1) is 9.60. The van der Waals surface area contributed by atoms with E-state index in [0.29, 0.717) is 17.1 Å². The molecule has 0 fully saturated rings. The summed E-state index contributed by atoms with van der Waals surface area (Å²) >= 11 is 1.26. The molecule has 0 saturated heterocycles. The van der Waals surface area contributed by atoms with E-state index in [1.54, 1.807) is 18.2 Å². The highest BCUT2D eigenvalue weighted by atomic mass is 32.1. The molecule has 106 valence electrons. The van der Waals surface area contributed by atoms with Crippen LogP contribution >= 0.6 is 11.3 Å². The molecule has 0 unspecified atom stereocenters. The number of nitrogens with one attached hydrogen (secondary N) is 1. The number of hydrogen-bond acceptors (Lipinski definition) is 5. The van der Waals surface area contributed by atoms with Gasteiger partial charge in [0, 0.05) is 6.54 Å². The topological polar surface area (TPSA) is 64.3 Å². The first-order valence-electron chi connectivity index (χ1n) is 6.06. The van der Waals surface area contributed by atoms with Gasteiger partial charge in [-0.2, -0.15) is 0 Å². The van der Waals surface area contributed by atoms with Crippen molar-refractivity contribution in [2.75, 3.05) is 24.7 Å². The average Bonchev–Trinajstić information content (AvgIpc) is 2.81. The molecule has 0 bridgehead atoms. The minimum atomic E-state index is -0.431. The van der Waals surface area contributed by atoms with Crippen molar-refractivity contribution in [2.24, 2.45) is 0 Å². The summed E-state index contributed by atoms with van der Waals surface area (Å²) in [5, 5.41) is 4.00. The van der Waals surface area contributed by atoms with E-state index in [-0.39, 0.29) is 5.82 Å². The van der Waals surface area contributed by atoms with Crippen LogP contribution in [0.2, 0.25) is 0 Å². The molecule has 1 heterocycles. The van der Waals surface area contributed by atoms with Crippen LogP contribution in [0.4, 0.5) is 15.1 Å². The standard InChI is InChI=1S/C14H15FN2O2S/c1-19-14(18)13-11(16)8-12(20-13)17-7-6-9-2-4-10(15)5-3-9/h2-5,8,17H,6-7,16H2,1H3. The summed E-state index contributed by atoms with van der Waals surface area (Å²) in [5.41, 5.74) is 7.19. The lowest BCUT2D eigenvalue weighted by molar-refractivity contribution is 0.0607. The second-order valence-corrected chi connectivity index (χ2v) is 5.24. The van der Waals surface area contributed by atoms with Gasteiger partial charge in [-0.3, -0.25) is 0 Å². The Balaban J connectivity index is 1.91. The molecule has 4 nitrogen and oxygen atoms in total. The molecular weight excluding hydrogens is 279 g/mol. The van der Waals surface area contributed by atoms with Crippen LogP contribution in [0.1, 0.15) is 15.2 Å². The molecular formula is C14H15FN2O2S. The minimum Gasteiger partial charge on any atom is -0.465 e. The highest BCUT2D eigenvalue weighted by Crippen LogP contribution is 2.29. The predicted molar refractivity (Wildman–Crippen MR) is 78.7 cm³/mol. The predicted octanol–water partition coefficient (Wildman–Crippen LogP) is 2.91. The average molecular weight is 294 g/mol. The monoisotopic (exact) mass is 294 g/mol. The molecule has 1 aromatic heterocycles. The number of benzene rings is 1. The zero-order valence-corrected chi connectivity index (χ0v) is 11.8. The van der Waals surface area contributed by atoms with E-state index >= 15 is 0 Å². The number of methoxy groups -OCH3 is 1. The maximum Gasteiger partial charge on any atom is 0.350 e. The SMILES string of the molecule is COC(=O)c1sc(NCCc2ccc(F)cc2)cc1N. The molecule has 0 aliphatic heterocycles. The maximum atomic E-state index is 12.8. The minimum absolute atomic E-state index is 0.240. The maximum absolute atomic E-state index is 12.8. The highest BCUT2D eigenvalue weighted by Gasteiger charge is 2.14. The van der Waals surface area contributed by atoms with Crippen LogP contribution in [0.3, 0.4) is 0 Å². The van der Waals surface area contributed by atoms with Crippen LogP contribution in [-0.4, -0.2) is 19.6 Å². The number of halogens is 1. The lowest BCUT2D eigenvalue weighted by Gasteiger charge is -2.03. The van der Waals surface area contributed by atoms with E-state index in [1.165, 1.54) is 30.6 Å². The number of hydrogen-bond donors (Lipinski definition) is 2. The first-order valence-corrected chi connectivity index (χ1v) is 6.87. The third kappa shape index (κ3) is 3.48. The summed E-state index contributed by atoms with van der Waals surface area (Å²) in [5.74, 6) is -0.672. The Labute approximate surface area is 120 Å². The number of nitrogens with two attached hydrogens (primary N) is 1. The molecule has 20 heavy (non-hydrogen) atoms. The van der Waals surface area contributed by atoms with Crippen LogP contribution in [0, 0.1) is 5.82 Å².